The maximum absolute atomic E-state index is 13.0. The number of aromatic nitrogens is 3. The first-order valence-corrected chi connectivity index (χ1v) is 8.36. The summed E-state index contributed by atoms with van der Waals surface area (Å²) in [5.41, 5.74) is 1.09. The van der Waals surface area contributed by atoms with Crippen molar-refractivity contribution >= 4 is 6.03 Å². The van der Waals surface area contributed by atoms with Gasteiger partial charge in [0.25, 0.3) is 0 Å². The van der Waals surface area contributed by atoms with Crippen molar-refractivity contribution in [2.24, 2.45) is 0 Å². The van der Waals surface area contributed by atoms with Crippen LogP contribution in [0.3, 0.4) is 0 Å². The fraction of sp³-hybridized carbons (Fsp3) is 0.471. The Kier molecular flexibility index (Phi) is 3.92. The van der Waals surface area contributed by atoms with Crippen molar-refractivity contribution in [2.45, 2.75) is 37.3 Å². The lowest BCUT2D eigenvalue weighted by Crippen LogP contribution is -2.45. The molecule has 2 aliphatic rings. The van der Waals surface area contributed by atoms with Crippen LogP contribution >= 0.6 is 0 Å². The van der Waals surface area contributed by atoms with Gasteiger partial charge in [0.05, 0.1) is 6.04 Å². The molecule has 1 N–H and O–H groups in total. The molecule has 4 rings (SSSR count). The zero-order valence-electron chi connectivity index (χ0n) is 13.3. The molecule has 1 aliphatic carbocycles. The lowest BCUT2D eigenvalue weighted by molar-refractivity contribution is 0.168. The van der Waals surface area contributed by atoms with Crippen molar-refractivity contribution in [3.63, 3.8) is 0 Å². The van der Waals surface area contributed by atoms with Gasteiger partial charge >= 0.3 is 6.03 Å². The number of carbonyl (C=O) groups is 1. The largest absolute Gasteiger partial charge is 0.335 e. The minimum absolute atomic E-state index is 0.00153. The molecule has 6 nitrogen and oxygen atoms in total. The van der Waals surface area contributed by atoms with Crippen LogP contribution in [-0.4, -0.2) is 44.8 Å². The van der Waals surface area contributed by atoms with E-state index in [0.717, 1.165) is 37.9 Å². The highest BCUT2D eigenvalue weighted by Gasteiger charge is 2.40. The Morgan fingerprint density at radius 2 is 1.96 bits per heavy atom. The van der Waals surface area contributed by atoms with Gasteiger partial charge in [0.15, 0.2) is 0 Å². The third kappa shape index (κ3) is 3.11. The second-order valence-corrected chi connectivity index (χ2v) is 6.54. The number of halogens is 1. The Bertz CT molecular complexity index is 694. The molecule has 2 fully saturated rings. The van der Waals surface area contributed by atoms with Gasteiger partial charge < -0.3 is 10.2 Å². The summed E-state index contributed by atoms with van der Waals surface area (Å²) in [6, 6.07) is 7.04. The van der Waals surface area contributed by atoms with Gasteiger partial charge in [-0.15, -0.1) is 0 Å². The summed E-state index contributed by atoms with van der Waals surface area (Å²) in [6.45, 7) is 1.45. The van der Waals surface area contributed by atoms with Gasteiger partial charge in [-0.1, -0.05) is 12.1 Å². The first kappa shape index (κ1) is 15.1. The topological polar surface area (TPSA) is 63.1 Å². The Morgan fingerprint density at radius 1 is 1.21 bits per heavy atom. The maximum Gasteiger partial charge on any atom is 0.317 e. The van der Waals surface area contributed by atoms with Crippen LogP contribution in [0, 0.1) is 5.82 Å². The van der Waals surface area contributed by atoms with Crippen molar-refractivity contribution in [2.75, 3.05) is 13.1 Å². The van der Waals surface area contributed by atoms with Gasteiger partial charge in [0.2, 0.25) is 0 Å². The van der Waals surface area contributed by atoms with Crippen molar-refractivity contribution < 1.29 is 9.18 Å². The van der Waals surface area contributed by atoms with Crippen LogP contribution in [0.5, 0.6) is 0 Å². The van der Waals surface area contributed by atoms with E-state index in [4.69, 9.17) is 0 Å². The number of carbonyl (C=O) groups excluding carboxylic acids is 1. The van der Waals surface area contributed by atoms with E-state index in [1.54, 1.807) is 24.8 Å². The zero-order valence-corrected chi connectivity index (χ0v) is 13.3. The van der Waals surface area contributed by atoms with E-state index in [0.29, 0.717) is 12.0 Å². The lowest BCUT2D eigenvalue weighted by Gasteiger charge is -2.32. The Labute approximate surface area is 139 Å². The van der Waals surface area contributed by atoms with Crippen molar-refractivity contribution in [3.05, 3.63) is 48.3 Å². The highest BCUT2D eigenvalue weighted by Crippen LogP contribution is 2.40. The molecule has 0 spiro atoms. The van der Waals surface area contributed by atoms with Crippen molar-refractivity contribution in [3.8, 4) is 0 Å². The van der Waals surface area contributed by atoms with Gasteiger partial charge in [-0.3, -0.25) is 0 Å². The molecule has 1 aromatic heterocycles. The monoisotopic (exact) mass is 329 g/mol. The van der Waals surface area contributed by atoms with Crippen LogP contribution < -0.4 is 5.32 Å². The smallest absolute Gasteiger partial charge is 0.317 e. The van der Waals surface area contributed by atoms with Gasteiger partial charge in [-0.25, -0.2) is 18.9 Å². The van der Waals surface area contributed by atoms with Crippen LogP contribution in [-0.2, 0) is 0 Å². The zero-order chi connectivity index (χ0) is 16.5. The van der Waals surface area contributed by atoms with E-state index in [1.165, 1.54) is 12.1 Å². The fourth-order valence-corrected chi connectivity index (χ4v) is 3.42. The number of benzene rings is 1. The van der Waals surface area contributed by atoms with E-state index in [2.05, 4.69) is 15.4 Å². The summed E-state index contributed by atoms with van der Waals surface area (Å²) in [4.78, 5) is 18.2. The number of rotatable bonds is 3. The quantitative estimate of drug-likeness (QED) is 0.940. The molecule has 0 bridgehead atoms. The SMILES string of the molecule is O=C(N[C@H]1C[C@H]1c1ccc(F)cc1)N1CCC(n2cncn2)CC1. The minimum atomic E-state index is -0.227. The normalized spacial score (nSPS) is 24.0. The first-order valence-electron chi connectivity index (χ1n) is 8.36. The van der Waals surface area contributed by atoms with Crippen LogP contribution in [0.4, 0.5) is 9.18 Å². The van der Waals surface area contributed by atoms with E-state index in [1.807, 2.05) is 9.58 Å². The number of nitrogens with one attached hydrogen (secondary N) is 1. The fourth-order valence-electron chi connectivity index (χ4n) is 3.42. The molecule has 2 atom stereocenters. The molecule has 7 heteroatoms. The molecule has 2 amide bonds. The number of likely N-dealkylation sites (tertiary alicyclic amines) is 1. The van der Waals surface area contributed by atoms with Crippen molar-refractivity contribution in [1.82, 2.24) is 25.0 Å². The molecule has 1 saturated heterocycles. The molecular weight excluding hydrogens is 309 g/mol. The number of hydrogen-bond acceptors (Lipinski definition) is 3. The van der Waals surface area contributed by atoms with Crippen LogP contribution in [0.15, 0.2) is 36.9 Å². The Balaban J connectivity index is 1.27. The third-order valence-electron chi connectivity index (χ3n) is 4.96. The van der Waals surface area contributed by atoms with Gasteiger partial charge in [0, 0.05) is 25.0 Å². The molecule has 126 valence electrons. The summed E-state index contributed by atoms with van der Waals surface area (Å²) >= 11 is 0. The van der Waals surface area contributed by atoms with Gasteiger partial charge in [-0.2, -0.15) is 5.10 Å². The average Bonchev–Trinajstić information content (AvgIpc) is 3.15. The maximum atomic E-state index is 13.0. The average molecular weight is 329 g/mol. The second-order valence-electron chi connectivity index (χ2n) is 6.54. The summed E-state index contributed by atoms with van der Waals surface area (Å²) in [5, 5.41) is 7.27. The third-order valence-corrected chi connectivity index (χ3v) is 4.96. The summed E-state index contributed by atoms with van der Waals surface area (Å²) in [6.07, 6.45) is 5.98. The number of nitrogens with zero attached hydrogens (tertiary/aromatic N) is 4. The number of hydrogen-bond donors (Lipinski definition) is 1. The van der Waals surface area contributed by atoms with Crippen LogP contribution in [0.2, 0.25) is 0 Å². The Morgan fingerprint density at radius 3 is 2.62 bits per heavy atom. The predicted octanol–water partition coefficient (Wildman–Crippen LogP) is 2.32. The molecule has 2 aromatic rings. The first-order chi connectivity index (χ1) is 11.7. The highest BCUT2D eigenvalue weighted by molar-refractivity contribution is 5.75. The number of urea groups is 1. The molecule has 1 aromatic carbocycles. The molecule has 0 unspecified atom stereocenters. The lowest BCUT2D eigenvalue weighted by atomic mass is 10.1. The summed E-state index contributed by atoms with van der Waals surface area (Å²) < 4.78 is 14.8. The molecule has 2 heterocycles. The van der Waals surface area contributed by atoms with Gasteiger partial charge in [0.1, 0.15) is 18.5 Å². The molecule has 24 heavy (non-hydrogen) atoms. The van der Waals surface area contributed by atoms with E-state index >= 15 is 0 Å². The Hall–Kier alpha value is -2.44. The summed E-state index contributed by atoms with van der Waals surface area (Å²) in [5.74, 6) is 0.0810. The number of piperidine rings is 1. The standard InChI is InChI=1S/C17H20FN5O/c18-13-3-1-12(2-4-13)15-9-16(15)21-17(24)22-7-5-14(6-8-22)23-11-19-10-20-23/h1-4,10-11,14-16H,5-9H2,(H,21,24)/t15-,16-/m0/s1. The van der Waals surface area contributed by atoms with Gasteiger partial charge in [-0.05, 0) is 37.0 Å². The summed E-state index contributed by atoms with van der Waals surface area (Å²) in [7, 11) is 0. The van der Waals surface area contributed by atoms with Crippen LogP contribution in [0.1, 0.15) is 36.8 Å². The van der Waals surface area contributed by atoms with E-state index in [9.17, 15) is 9.18 Å². The number of amides is 2. The molecule has 0 radical (unpaired) electrons. The van der Waals surface area contributed by atoms with E-state index in [-0.39, 0.29) is 17.9 Å². The predicted molar refractivity (Wildman–Crippen MR) is 85.9 cm³/mol. The van der Waals surface area contributed by atoms with Crippen molar-refractivity contribution in [1.29, 1.82) is 0 Å². The molecule has 1 aliphatic heterocycles. The minimum Gasteiger partial charge on any atom is -0.335 e. The van der Waals surface area contributed by atoms with Crippen LogP contribution in [0.25, 0.3) is 0 Å². The highest BCUT2D eigenvalue weighted by atomic mass is 19.1. The molecule has 1 saturated carbocycles. The van der Waals surface area contributed by atoms with E-state index < -0.39 is 0 Å². The second kappa shape index (κ2) is 6.22. The molecular formula is C17H20FN5O.